The molecule has 0 aliphatic heterocycles. The summed E-state index contributed by atoms with van der Waals surface area (Å²) in [6.45, 7) is 14.7. The van der Waals surface area contributed by atoms with Crippen molar-refractivity contribution in [1.29, 1.82) is 0 Å². The molecule has 1 N–H and O–H groups in total. The van der Waals surface area contributed by atoms with Crippen LogP contribution in [0.15, 0.2) is 23.8 Å². The van der Waals surface area contributed by atoms with Crippen molar-refractivity contribution in [3.63, 3.8) is 0 Å². The fourth-order valence-corrected chi connectivity index (χ4v) is 8.25. The van der Waals surface area contributed by atoms with Crippen molar-refractivity contribution >= 4 is 0 Å². The minimum Gasteiger partial charge on any atom is -0.393 e. The standard InChI is InChI=1S/C28H46O/c1-18(2)19(3)7-8-20(4)24-11-12-25-23-10-9-21-17-22(29)13-15-27(21,5)26(23)14-16-28(24,25)6/h7-9,18-20,22-26,29H,10-17H2,1-6H3/t19?,20?,22?,23?,24?,25?,26?,27-,28+/m0/s1. The molecule has 3 fully saturated rings. The number of fused-ring (bicyclic) bond motifs is 5. The monoisotopic (exact) mass is 398 g/mol. The number of rotatable bonds is 4. The smallest absolute Gasteiger partial charge is 0.0577 e. The molecule has 0 amide bonds. The highest BCUT2D eigenvalue weighted by molar-refractivity contribution is 5.25. The molecule has 0 radical (unpaired) electrons. The lowest BCUT2D eigenvalue weighted by atomic mass is 9.47. The Balaban J connectivity index is 1.53. The van der Waals surface area contributed by atoms with Crippen LogP contribution in [0.2, 0.25) is 0 Å². The molecule has 9 atom stereocenters. The second-order valence-electron chi connectivity index (χ2n) is 12.2. The molecule has 4 rings (SSSR count). The van der Waals surface area contributed by atoms with E-state index in [9.17, 15) is 5.11 Å². The summed E-state index contributed by atoms with van der Waals surface area (Å²) in [7, 11) is 0. The van der Waals surface area contributed by atoms with Crippen LogP contribution in [-0.4, -0.2) is 11.2 Å². The molecule has 0 aromatic heterocycles. The number of aliphatic hydroxyl groups excluding tert-OH is 1. The number of aliphatic hydroxyl groups is 1. The molecule has 7 unspecified atom stereocenters. The van der Waals surface area contributed by atoms with E-state index in [1.165, 1.54) is 38.5 Å². The lowest BCUT2D eigenvalue weighted by Gasteiger charge is -2.58. The summed E-state index contributed by atoms with van der Waals surface area (Å²) < 4.78 is 0. The topological polar surface area (TPSA) is 20.2 Å². The third-order valence-corrected chi connectivity index (χ3v) is 10.6. The molecule has 0 aromatic carbocycles. The first-order valence-electron chi connectivity index (χ1n) is 12.7. The Morgan fingerprint density at radius 1 is 0.966 bits per heavy atom. The molecule has 4 aliphatic carbocycles. The molecule has 0 heterocycles. The highest BCUT2D eigenvalue weighted by atomic mass is 16.3. The van der Waals surface area contributed by atoms with Gasteiger partial charge in [0, 0.05) is 0 Å². The van der Waals surface area contributed by atoms with Gasteiger partial charge in [0.2, 0.25) is 0 Å². The summed E-state index contributed by atoms with van der Waals surface area (Å²) in [4.78, 5) is 0. The van der Waals surface area contributed by atoms with Gasteiger partial charge in [-0.25, -0.2) is 0 Å². The van der Waals surface area contributed by atoms with Crippen molar-refractivity contribution in [1.82, 2.24) is 0 Å². The second-order valence-corrected chi connectivity index (χ2v) is 12.2. The Hall–Kier alpha value is -0.560. The highest BCUT2D eigenvalue weighted by Crippen LogP contribution is 2.67. The summed E-state index contributed by atoms with van der Waals surface area (Å²) in [6.07, 6.45) is 17.7. The quantitative estimate of drug-likeness (QED) is 0.489. The lowest BCUT2D eigenvalue weighted by molar-refractivity contribution is -0.0540. The zero-order valence-electron chi connectivity index (χ0n) is 20.0. The molecule has 1 nitrogen and oxygen atoms in total. The minimum absolute atomic E-state index is 0.0866. The van der Waals surface area contributed by atoms with Gasteiger partial charge in [-0.15, -0.1) is 0 Å². The van der Waals surface area contributed by atoms with Gasteiger partial charge in [-0.2, -0.15) is 0 Å². The fraction of sp³-hybridized carbons (Fsp3) is 0.857. The maximum Gasteiger partial charge on any atom is 0.0577 e. The number of hydrogen-bond acceptors (Lipinski definition) is 1. The fourth-order valence-electron chi connectivity index (χ4n) is 8.25. The largest absolute Gasteiger partial charge is 0.393 e. The van der Waals surface area contributed by atoms with E-state index in [-0.39, 0.29) is 6.10 Å². The van der Waals surface area contributed by atoms with Crippen molar-refractivity contribution in [3.05, 3.63) is 23.8 Å². The van der Waals surface area contributed by atoms with E-state index in [2.05, 4.69) is 59.8 Å². The van der Waals surface area contributed by atoms with Crippen molar-refractivity contribution in [2.24, 2.45) is 52.3 Å². The zero-order valence-corrected chi connectivity index (χ0v) is 20.0. The molecule has 0 saturated heterocycles. The van der Waals surface area contributed by atoms with E-state index in [4.69, 9.17) is 0 Å². The van der Waals surface area contributed by atoms with Gasteiger partial charge in [-0.1, -0.05) is 65.3 Å². The minimum atomic E-state index is -0.0866. The molecular formula is C28H46O. The van der Waals surface area contributed by atoms with Crippen LogP contribution in [0.4, 0.5) is 0 Å². The van der Waals surface area contributed by atoms with Gasteiger partial charge in [0.15, 0.2) is 0 Å². The number of hydrogen-bond donors (Lipinski definition) is 1. The molecule has 0 spiro atoms. The van der Waals surface area contributed by atoms with E-state index in [1.807, 2.05) is 0 Å². The lowest BCUT2D eigenvalue weighted by Crippen LogP contribution is -2.50. The Labute approximate surface area is 180 Å². The predicted octanol–water partition coefficient (Wildman–Crippen LogP) is 7.41. The third-order valence-electron chi connectivity index (χ3n) is 10.6. The maximum atomic E-state index is 10.2. The normalized spacial score (nSPS) is 46.8. The average molecular weight is 399 g/mol. The van der Waals surface area contributed by atoms with Gasteiger partial charge >= 0.3 is 0 Å². The number of allylic oxidation sites excluding steroid dienone is 3. The predicted molar refractivity (Wildman–Crippen MR) is 124 cm³/mol. The van der Waals surface area contributed by atoms with Crippen LogP contribution < -0.4 is 0 Å². The van der Waals surface area contributed by atoms with E-state index in [0.717, 1.165) is 42.4 Å². The Kier molecular flexibility index (Phi) is 5.86. The SMILES string of the molecule is CC(C)C(C)C=CC(C)C1CCC2C3CC=C4CC(O)CC[C@]4(C)C3CC[C@]12C. The Morgan fingerprint density at radius 2 is 1.72 bits per heavy atom. The van der Waals surface area contributed by atoms with Crippen LogP contribution in [0.5, 0.6) is 0 Å². The summed E-state index contributed by atoms with van der Waals surface area (Å²) >= 11 is 0. The van der Waals surface area contributed by atoms with E-state index in [1.54, 1.807) is 5.57 Å². The maximum absolute atomic E-state index is 10.2. The summed E-state index contributed by atoms with van der Waals surface area (Å²) in [6, 6.07) is 0. The molecule has 29 heavy (non-hydrogen) atoms. The first-order valence-corrected chi connectivity index (χ1v) is 12.7. The van der Waals surface area contributed by atoms with Crippen molar-refractivity contribution in [3.8, 4) is 0 Å². The van der Waals surface area contributed by atoms with Gasteiger partial charge in [-0.3, -0.25) is 0 Å². The molecule has 0 aromatic rings. The summed E-state index contributed by atoms with van der Waals surface area (Å²) in [5, 5.41) is 10.2. The van der Waals surface area contributed by atoms with Gasteiger partial charge in [0.1, 0.15) is 0 Å². The molecule has 4 aliphatic rings. The van der Waals surface area contributed by atoms with Crippen LogP contribution in [0.25, 0.3) is 0 Å². The van der Waals surface area contributed by atoms with E-state index >= 15 is 0 Å². The van der Waals surface area contributed by atoms with Gasteiger partial charge in [-0.05, 0) is 104 Å². The van der Waals surface area contributed by atoms with Crippen molar-refractivity contribution in [2.45, 2.75) is 99.0 Å². The first-order chi connectivity index (χ1) is 13.7. The van der Waals surface area contributed by atoms with Crippen LogP contribution in [0.3, 0.4) is 0 Å². The van der Waals surface area contributed by atoms with Crippen LogP contribution in [0.1, 0.15) is 92.9 Å². The van der Waals surface area contributed by atoms with Crippen LogP contribution in [0, 0.1) is 52.3 Å². The van der Waals surface area contributed by atoms with Crippen molar-refractivity contribution < 1.29 is 5.11 Å². The zero-order chi connectivity index (χ0) is 21.0. The Morgan fingerprint density at radius 3 is 2.45 bits per heavy atom. The second kappa shape index (κ2) is 7.85. The summed E-state index contributed by atoms with van der Waals surface area (Å²) in [5.41, 5.74) is 2.51. The average Bonchev–Trinajstić information content (AvgIpc) is 3.03. The molecule has 164 valence electrons. The third kappa shape index (κ3) is 3.58. The van der Waals surface area contributed by atoms with Gasteiger partial charge in [0.25, 0.3) is 0 Å². The highest BCUT2D eigenvalue weighted by Gasteiger charge is 2.58. The van der Waals surface area contributed by atoms with Crippen LogP contribution in [-0.2, 0) is 0 Å². The Bertz CT molecular complexity index is 659. The molecule has 3 saturated carbocycles. The van der Waals surface area contributed by atoms with Gasteiger partial charge < -0.3 is 5.11 Å². The van der Waals surface area contributed by atoms with E-state index in [0.29, 0.717) is 22.7 Å². The first kappa shape index (κ1) is 21.7. The van der Waals surface area contributed by atoms with E-state index < -0.39 is 0 Å². The van der Waals surface area contributed by atoms with Gasteiger partial charge in [0.05, 0.1) is 6.10 Å². The molecule has 0 bridgehead atoms. The molecule has 1 heteroatoms. The molecular weight excluding hydrogens is 352 g/mol. The van der Waals surface area contributed by atoms with Crippen molar-refractivity contribution in [2.75, 3.05) is 0 Å². The summed E-state index contributed by atoms with van der Waals surface area (Å²) in [5.74, 6) is 5.63. The van der Waals surface area contributed by atoms with Crippen LogP contribution >= 0.6 is 0 Å².